The van der Waals surface area contributed by atoms with E-state index >= 15 is 0 Å². The van der Waals surface area contributed by atoms with Crippen LogP contribution >= 0.6 is 11.6 Å². The molecule has 114 valence electrons. The van der Waals surface area contributed by atoms with Gasteiger partial charge in [-0.25, -0.2) is 4.79 Å². The molecule has 0 N–H and O–H groups in total. The summed E-state index contributed by atoms with van der Waals surface area (Å²) in [5.41, 5.74) is 0.739. The van der Waals surface area contributed by atoms with Crippen LogP contribution in [0, 0.1) is 6.92 Å². The fraction of sp³-hybridized carbons (Fsp3) is 0.500. The summed E-state index contributed by atoms with van der Waals surface area (Å²) in [5.74, 6) is 0. The number of hydrogen-bond donors (Lipinski definition) is 0. The molecule has 2 aromatic heterocycles. The van der Waals surface area contributed by atoms with E-state index in [9.17, 15) is 9.59 Å². The van der Waals surface area contributed by atoms with Crippen molar-refractivity contribution in [3.05, 3.63) is 49.5 Å². The first-order chi connectivity index (χ1) is 9.99. The van der Waals surface area contributed by atoms with Crippen molar-refractivity contribution in [3.8, 4) is 0 Å². The Bertz CT molecular complexity index is 757. The topological polar surface area (TPSA) is 61.8 Å². The average Bonchev–Trinajstić information content (AvgIpc) is 2.73. The van der Waals surface area contributed by atoms with Gasteiger partial charge in [0, 0.05) is 25.4 Å². The van der Waals surface area contributed by atoms with Crippen LogP contribution in [-0.4, -0.2) is 18.9 Å². The first-order valence-electron chi connectivity index (χ1n) is 7.01. The molecule has 0 unspecified atom stereocenters. The molecule has 0 aliphatic rings. The summed E-state index contributed by atoms with van der Waals surface area (Å²) in [6.07, 6.45) is 2.36. The normalized spacial score (nSPS) is 11.0. The standard InChI is InChI=1S/C14H19ClN4O2/c1-4-7-17-8-6-12(20)18(14(17)21)9-11-13(15)10(3)16-19(11)5-2/h6,8H,4-5,7,9H2,1-3H3. The zero-order chi connectivity index (χ0) is 15.6. The van der Waals surface area contributed by atoms with Crippen LogP contribution < -0.4 is 11.2 Å². The van der Waals surface area contributed by atoms with Crippen LogP contribution in [0.4, 0.5) is 0 Å². The van der Waals surface area contributed by atoms with E-state index in [0.29, 0.717) is 29.5 Å². The smallest absolute Gasteiger partial charge is 0.300 e. The monoisotopic (exact) mass is 310 g/mol. The van der Waals surface area contributed by atoms with Crippen molar-refractivity contribution >= 4 is 11.6 Å². The van der Waals surface area contributed by atoms with Gasteiger partial charge in [-0.1, -0.05) is 18.5 Å². The lowest BCUT2D eigenvalue weighted by Gasteiger charge is -2.10. The second-order valence-electron chi connectivity index (χ2n) is 4.88. The third-order valence-electron chi connectivity index (χ3n) is 3.36. The van der Waals surface area contributed by atoms with E-state index in [1.165, 1.54) is 21.4 Å². The van der Waals surface area contributed by atoms with Crippen LogP contribution in [-0.2, 0) is 19.6 Å². The summed E-state index contributed by atoms with van der Waals surface area (Å²) in [6.45, 7) is 7.08. The molecular formula is C14H19ClN4O2. The van der Waals surface area contributed by atoms with Gasteiger partial charge in [0.2, 0.25) is 0 Å². The summed E-state index contributed by atoms with van der Waals surface area (Å²) in [4.78, 5) is 24.4. The largest absolute Gasteiger partial charge is 0.331 e. The lowest BCUT2D eigenvalue weighted by molar-refractivity contribution is 0.542. The molecule has 0 saturated carbocycles. The predicted octanol–water partition coefficient (Wildman–Crippen LogP) is 1.65. The fourth-order valence-corrected chi connectivity index (χ4v) is 2.48. The summed E-state index contributed by atoms with van der Waals surface area (Å²) in [7, 11) is 0. The van der Waals surface area contributed by atoms with Gasteiger partial charge in [0.1, 0.15) is 0 Å². The van der Waals surface area contributed by atoms with E-state index < -0.39 is 0 Å². The third-order valence-corrected chi connectivity index (χ3v) is 3.86. The summed E-state index contributed by atoms with van der Waals surface area (Å²) >= 11 is 6.24. The lowest BCUT2D eigenvalue weighted by Crippen LogP contribution is -2.39. The zero-order valence-corrected chi connectivity index (χ0v) is 13.2. The Balaban J connectivity index is 2.52. The van der Waals surface area contributed by atoms with Crippen molar-refractivity contribution in [3.63, 3.8) is 0 Å². The van der Waals surface area contributed by atoms with Crippen LogP contribution in [0.3, 0.4) is 0 Å². The van der Waals surface area contributed by atoms with E-state index in [4.69, 9.17) is 11.6 Å². The van der Waals surface area contributed by atoms with Gasteiger partial charge in [-0.15, -0.1) is 0 Å². The molecule has 0 bridgehead atoms. The van der Waals surface area contributed by atoms with Crippen LogP contribution in [0.5, 0.6) is 0 Å². The van der Waals surface area contributed by atoms with Gasteiger partial charge < -0.3 is 4.57 Å². The molecule has 2 rings (SSSR count). The van der Waals surface area contributed by atoms with Crippen molar-refractivity contribution in [1.82, 2.24) is 18.9 Å². The maximum absolute atomic E-state index is 12.4. The maximum Gasteiger partial charge on any atom is 0.331 e. The van der Waals surface area contributed by atoms with Gasteiger partial charge >= 0.3 is 5.69 Å². The van der Waals surface area contributed by atoms with Crippen LogP contribution in [0.2, 0.25) is 5.02 Å². The molecule has 0 aliphatic carbocycles. The van der Waals surface area contributed by atoms with E-state index in [1.807, 2.05) is 13.8 Å². The van der Waals surface area contributed by atoms with Crippen molar-refractivity contribution in [2.75, 3.05) is 0 Å². The molecule has 0 spiro atoms. The van der Waals surface area contributed by atoms with E-state index in [2.05, 4.69) is 5.10 Å². The molecule has 0 aromatic carbocycles. The fourth-order valence-electron chi connectivity index (χ4n) is 2.28. The SMILES string of the molecule is CCCn1ccc(=O)n(Cc2c(Cl)c(C)nn2CC)c1=O. The Morgan fingerprint density at radius 3 is 2.62 bits per heavy atom. The minimum Gasteiger partial charge on any atom is -0.300 e. The molecule has 2 aromatic rings. The average molecular weight is 311 g/mol. The van der Waals surface area contributed by atoms with Gasteiger partial charge in [0.25, 0.3) is 5.56 Å². The van der Waals surface area contributed by atoms with E-state index in [0.717, 1.165) is 6.42 Å². The highest BCUT2D eigenvalue weighted by Crippen LogP contribution is 2.20. The predicted molar refractivity (Wildman–Crippen MR) is 82.0 cm³/mol. The Morgan fingerprint density at radius 2 is 2.00 bits per heavy atom. The van der Waals surface area contributed by atoms with Crippen LogP contribution in [0.25, 0.3) is 0 Å². The number of aromatic nitrogens is 4. The highest BCUT2D eigenvalue weighted by molar-refractivity contribution is 6.31. The maximum atomic E-state index is 12.4. The van der Waals surface area contributed by atoms with E-state index in [-0.39, 0.29) is 17.8 Å². The molecule has 0 fully saturated rings. The van der Waals surface area contributed by atoms with Crippen molar-refractivity contribution in [1.29, 1.82) is 0 Å². The second-order valence-corrected chi connectivity index (χ2v) is 5.26. The minimum absolute atomic E-state index is 0.135. The number of rotatable bonds is 5. The molecule has 0 aliphatic heterocycles. The summed E-state index contributed by atoms with van der Waals surface area (Å²) in [5, 5.41) is 4.81. The summed E-state index contributed by atoms with van der Waals surface area (Å²) in [6, 6.07) is 1.41. The second kappa shape index (κ2) is 6.30. The quantitative estimate of drug-likeness (QED) is 0.843. The molecule has 0 radical (unpaired) electrons. The number of aryl methyl sites for hydroxylation is 3. The van der Waals surface area contributed by atoms with Gasteiger partial charge in [-0.05, 0) is 20.3 Å². The van der Waals surface area contributed by atoms with Crippen LogP contribution in [0.1, 0.15) is 31.7 Å². The minimum atomic E-state index is -0.329. The number of nitrogens with zero attached hydrogens (tertiary/aromatic N) is 4. The molecule has 0 saturated heterocycles. The Labute approximate surface area is 127 Å². The molecule has 0 amide bonds. The zero-order valence-electron chi connectivity index (χ0n) is 12.5. The molecule has 2 heterocycles. The summed E-state index contributed by atoms with van der Waals surface area (Å²) < 4.78 is 4.46. The Morgan fingerprint density at radius 1 is 1.29 bits per heavy atom. The molecule has 6 nitrogen and oxygen atoms in total. The Kier molecular flexibility index (Phi) is 4.67. The van der Waals surface area contributed by atoms with E-state index in [1.54, 1.807) is 11.6 Å². The number of hydrogen-bond acceptors (Lipinski definition) is 3. The molecular weight excluding hydrogens is 292 g/mol. The van der Waals surface area contributed by atoms with Crippen LogP contribution in [0.15, 0.2) is 21.9 Å². The van der Waals surface area contributed by atoms with Crippen molar-refractivity contribution in [2.45, 2.75) is 46.8 Å². The molecule has 7 heteroatoms. The highest BCUT2D eigenvalue weighted by Gasteiger charge is 2.15. The van der Waals surface area contributed by atoms with Gasteiger partial charge in [0.15, 0.2) is 0 Å². The van der Waals surface area contributed by atoms with Gasteiger partial charge in [-0.3, -0.25) is 14.0 Å². The Hall–Kier alpha value is -1.82. The lowest BCUT2D eigenvalue weighted by atomic mass is 10.3. The van der Waals surface area contributed by atoms with Gasteiger partial charge in [0.05, 0.1) is 23.0 Å². The van der Waals surface area contributed by atoms with Crippen molar-refractivity contribution < 1.29 is 0 Å². The highest BCUT2D eigenvalue weighted by atomic mass is 35.5. The van der Waals surface area contributed by atoms with Gasteiger partial charge in [-0.2, -0.15) is 5.10 Å². The number of halogens is 1. The molecule has 21 heavy (non-hydrogen) atoms. The van der Waals surface area contributed by atoms with Crippen molar-refractivity contribution in [2.24, 2.45) is 0 Å². The molecule has 0 atom stereocenters. The first-order valence-corrected chi connectivity index (χ1v) is 7.39. The first kappa shape index (κ1) is 15.6. The third kappa shape index (κ3) is 2.95.